The van der Waals surface area contributed by atoms with Crippen LogP contribution >= 0.6 is 0 Å². The number of nitrogens with zero attached hydrogens (tertiary/aromatic N) is 1. The van der Waals surface area contributed by atoms with E-state index >= 15 is 0 Å². The molecule has 0 radical (unpaired) electrons. The molecule has 0 aromatic heterocycles. The second-order valence-corrected chi connectivity index (χ2v) is 5.68. The van der Waals surface area contributed by atoms with E-state index in [2.05, 4.69) is 0 Å². The Bertz CT molecular complexity index is 511. The molecular formula is C11H14F3NO3S. The molecule has 0 saturated carbocycles. The maximum atomic E-state index is 12.4. The van der Waals surface area contributed by atoms with Crippen molar-refractivity contribution in [1.29, 1.82) is 0 Å². The fourth-order valence-corrected chi connectivity index (χ4v) is 2.96. The maximum absolute atomic E-state index is 12.4. The Balaban J connectivity index is 3.09. The molecule has 8 heteroatoms. The van der Waals surface area contributed by atoms with Gasteiger partial charge in [0.2, 0.25) is 10.0 Å². The van der Waals surface area contributed by atoms with E-state index in [1.165, 1.54) is 0 Å². The van der Waals surface area contributed by atoms with Crippen molar-refractivity contribution >= 4 is 10.0 Å². The molecular weight excluding hydrogens is 283 g/mol. The average Bonchev–Trinajstić information content (AvgIpc) is 2.34. The predicted octanol–water partition coefficient (Wildman–Crippen LogP) is 1.71. The van der Waals surface area contributed by atoms with Crippen LogP contribution in [0.25, 0.3) is 0 Å². The van der Waals surface area contributed by atoms with Crippen LogP contribution in [0.2, 0.25) is 0 Å². The monoisotopic (exact) mass is 297 g/mol. The van der Waals surface area contributed by atoms with Gasteiger partial charge in [-0.05, 0) is 24.3 Å². The molecule has 19 heavy (non-hydrogen) atoms. The summed E-state index contributed by atoms with van der Waals surface area (Å²) < 4.78 is 62.2. The number of likely N-dealkylation sites (N-methyl/N-ethyl adjacent to an activating group) is 1. The zero-order valence-corrected chi connectivity index (χ0v) is 11.0. The van der Waals surface area contributed by atoms with Gasteiger partial charge in [-0.2, -0.15) is 17.5 Å². The number of aliphatic hydroxyl groups excluding tert-OH is 1. The van der Waals surface area contributed by atoms with Crippen molar-refractivity contribution < 1.29 is 26.7 Å². The molecule has 108 valence electrons. The number of hydrogen-bond donors (Lipinski definition) is 1. The van der Waals surface area contributed by atoms with Gasteiger partial charge in [0, 0.05) is 13.1 Å². The smallest absolute Gasteiger partial charge is 0.395 e. The standard InChI is InChI=1S/C11H14F3NO3S/c1-2-15(7-8-16)19(17,18)10-5-3-9(4-6-10)11(12,13)14/h3-6,16H,2,7-8H2,1H3. The van der Waals surface area contributed by atoms with E-state index in [4.69, 9.17) is 5.11 Å². The summed E-state index contributed by atoms with van der Waals surface area (Å²) in [5, 5.41) is 8.77. The molecule has 0 atom stereocenters. The van der Waals surface area contributed by atoms with Crippen LogP contribution in [0.1, 0.15) is 12.5 Å². The molecule has 1 aromatic rings. The van der Waals surface area contributed by atoms with Crippen molar-refractivity contribution in [3.63, 3.8) is 0 Å². The lowest BCUT2D eigenvalue weighted by Crippen LogP contribution is -2.33. The Morgan fingerprint density at radius 1 is 1.21 bits per heavy atom. The lowest BCUT2D eigenvalue weighted by Gasteiger charge is -2.19. The molecule has 0 spiro atoms. The minimum Gasteiger partial charge on any atom is -0.395 e. The zero-order chi connectivity index (χ0) is 14.7. The molecule has 0 aliphatic carbocycles. The third-order valence-corrected chi connectivity index (χ3v) is 4.51. The summed E-state index contributed by atoms with van der Waals surface area (Å²) in [6.07, 6.45) is -4.50. The normalized spacial score (nSPS) is 12.9. The highest BCUT2D eigenvalue weighted by Gasteiger charge is 2.31. The summed E-state index contributed by atoms with van der Waals surface area (Å²) in [6.45, 7) is 1.26. The lowest BCUT2D eigenvalue weighted by atomic mass is 10.2. The zero-order valence-electron chi connectivity index (χ0n) is 10.2. The molecule has 0 aliphatic heterocycles. The molecule has 0 unspecified atom stereocenters. The van der Waals surface area contributed by atoms with Crippen molar-refractivity contribution in [2.75, 3.05) is 19.7 Å². The highest BCUT2D eigenvalue weighted by Crippen LogP contribution is 2.30. The first kappa shape index (κ1) is 15.9. The van der Waals surface area contributed by atoms with Gasteiger partial charge >= 0.3 is 6.18 Å². The highest BCUT2D eigenvalue weighted by atomic mass is 32.2. The van der Waals surface area contributed by atoms with Crippen molar-refractivity contribution in [1.82, 2.24) is 4.31 Å². The highest BCUT2D eigenvalue weighted by molar-refractivity contribution is 7.89. The molecule has 0 fully saturated rings. The van der Waals surface area contributed by atoms with E-state index in [0.29, 0.717) is 0 Å². The van der Waals surface area contributed by atoms with Gasteiger partial charge in [0.25, 0.3) is 0 Å². The van der Waals surface area contributed by atoms with Crippen LogP contribution in [-0.2, 0) is 16.2 Å². The molecule has 0 saturated heterocycles. The topological polar surface area (TPSA) is 57.6 Å². The van der Waals surface area contributed by atoms with Crippen LogP contribution in [-0.4, -0.2) is 37.5 Å². The van der Waals surface area contributed by atoms with Gasteiger partial charge in [-0.1, -0.05) is 6.92 Å². The quantitative estimate of drug-likeness (QED) is 0.900. The van der Waals surface area contributed by atoms with Crippen LogP contribution in [0.5, 0.6) is 0 Å². The van der Waals surface area contributed by atoms with Crippen molar-refractivity contribution in [2.45, 2.75) is 18.0 Å². The van der Waals surface area contributed by atoms with Gasteiger partial charge in [0.1, 0.15) is 0 Å². The van der Waals surface area contributed by atoms with Crippen LogP contribution in [0.15, 0.2) is 29.2 Å². The van der Waals surface area contributed by atoms with Crippen LogP contribution in [0.3, 0.4) is 0 Å². The number of halogens is 3. The SMILES string of the molecule is CCN(CCO)S(=O)(=O)c1ccc(C(F)(F)F)cc1. The fraction of sp³-hybridized carbons (Fsp3) is 0.455. The van der Waals surface area contributed by atoms with Crippen LogP contribution in [0.4, 0.5) is 13.2 Å². The summed E-state index contributed by atoms with van der Waals surface area (Å²) in [5.41, 5.74) is -0.906. The second kappa shape index (κ2) is 5.89. The first-order valence-electron chi connectivity index (χ1n) is 5.51. The molecule has 0 aliphatic rings. The summed E-state index contributed by atoms with van der Waals surface area (Å²) in [6, 6.07) is 3.27. The number of sulfonamides is 1. The summed E-state index contributed by atoms with van der Waals surface area (Å²) >= 11 is 0. The molecule has 0 bridgehead atoms. The average molecular weight is 297 g/mol. The Morgan fingerprint density at radius 3 is 2.11 bits per heavy atom. The molecule has 0 amide bonds. The van der Waals surface area contributed by atoms with E-state index < -0.39 is 21.8 Å². The van der Waals surface area contributed by atoms with E-state index in [9.17, 15) is 21.6 Å². The van der Waals surface area contributed by atoms with E-state index in [-0.39, 0.29) is 24.6 Å². The molecule has 1 N–H and O–H groups in total. The van der Waals surface area contributed by atoms with Crippen molar-refractivity contribution in [3.05, 3.63) is 29.8 Å². The van der Waals surface area contributed by atoms with Gasteiger partial charge in [0.05, 0.1) is 17.1 Å². The molecule has 1 aromatic carbocycles. The number of alkyl halides is 3. The van der Waals surface area contributed by atoms with Crippen LogP contribution < -0.4 is 0 Å². The molecule has 0 heterocycles. The fourth-order valence-electron chi connectivity index (χ4n) is 1.52. The minimum absolute atomic E-state index is 0.0974. The minimum atomic E-state index is -4.50. The van der Waals surface area contributed by atoms with E-state index in [1.54, 1.807) is 6.92 Å². The summed E-state index contributed by atoms with van der Waals surface area (Å²) in [7, 11) is -3.87. The number of hydrogen-bond acceptors (Lipinski definition) is 3. The van der Waals surface area contributed by atoms with Crippen molar-refractivity contribution in [3.8, 4) is 0 Å². The van der Waals surface area contributed by atoms with Crippen LogP contribution in [0, 0.1) is 0 Å². The predicted molar refractivity (Wildman–Crippen MR) is 63.0 cm³/mol. The van der Waals surface area contributed by atoms with Gasteiger partial charge in [-0.3, -0.25) is 0 Å². The third-order valence-electron chi connectivity index (χ3n) is 2.52. The lowest BCUT2D eigenvalue weighted by molar-refractivity contribution is -0.137. The van der Waals surface area contributed by atoms with Gasteiger partial charge in [-0.25, -0.2) is 8.42 Å². The number of benzene rings is 1. The van der Waals surface area contributed by atoms with E-state index in [0.717, 1.165) is 28.6 Å². The Labute approximate surface area is 109 Å². The molecule has 1 rings (SSSR count). The largest absolute Gasteiger partial charge is 0.416 e. The first-order chi connectivity index (χ1) is 8.73. The second-order valence-electron chi connectivity index (χ2n) is 3.74. The Morgan fingerprint density at radius 2 is 1.74 bits per heavy atom. The van der Waals surface area contributed by atoms with Gasteiger partial charge < -0.3 is 5.11 Å². The summed E-state index contributed by atoms with van der Waals surface area (Å²) in [5.74, 6) is 0. The first-order valence-corrected chi connectivity index (χ1v) is 6.95. The third kappa shape index (κ3) is 3.68. The van der Waals surface area contributed by atoms with Gasteiger partial charge in [0.15, 0.2) is 0 Å². The number of aliphatic hydroxyl groups is 1. The Kier molecular flexibility index (Phi) is 4.94. The van der Waals surface area contributed by atoms with Crippen molar-refractivity contribution in [2.24, 2.45) is 0 Å². The van der Waals surface area contributed by atoms with Gasteiger partial charge in [-0.15, -0.1) is 0 Å². The summed E-state index contributed by atoms with van der Waals surface area (Å²) in [4.78, 5) is -0.226. The molecule has 4 nitrogen and oxygen atoms in total. The maximum Gasteiger partial charge on any atom is 0.416 e. The number of rotatable bonds is 5. The Hall–Kier alpha value is -1.12. The van der Waals surface area contributed by atoms with E-state index in [1.807, 2.05) is 0 Å².